The van der Waals surface area contributed by atoms with Gasteiger partial charge in [0.15, 0.2) is 4.34 Å². The zero-order chi connectivity index (χ0) is 22.3. The fraction of sp³-hybridized carbons (Fsp3) is 0.273. The summed E-state index contributed by atoms with van der Waals surface area (Å²) in [4.78, 5) is 12.2. The zero-order valence-electron chi connectivity index (χ0n) is 17.5. The van der Waals surface area contributed by atoms with E-state index in [0.717, 1.165) is 17.2 Å². The Morgan fingerprint density at radius 2 is 1.84 bits per heavy atom. The number of benzene rings is 2. The van der Waals surface area contributed by atoms with Gasteiger partial charge in [-0.15, -0.1) is 10.2 Å². The van der Waals surface area contributed by atoms with E-state index in [9.17, 15) is 10.1 Å². The van der Waals surface area contributed by atoms with Crippen LogP contribution in [0.3, 0.4) is 0 Å². The van der Waals surface area contributed by atoms with E-state index in [1.165, 1.54) is 23.1 Å². The van der Waals surface area contributed by atoms with Gasteiger partial charge >= 0.3 is 0 Å². The summed E-state index contributed by atoms with van der Waals surface area (Å²) in [5.74, 6) is 1.49. The van der Waals surface area contributed by atoms with Crippen LogP contribution in [-0.2, 0) is 4.79 Å². The van der Waals surface area contributed by atoms with E-state index in [1.54, 1.807) is 6.92 Å². The van der Waals surface area contributed by atoms with E-state index in [0.29, 0.717) is 9.47 Å². The standard InChI is InChI=1S/C22H23N5O2S2/c1-15(2)22(3,14-23)25-19(28)13-30-21-27-26-20(31-21)24-16-9-11-18(12-10-16)29-17-7-5-4-6-8-17/h4-12,15H,13H2,1-3H3,(H,24,26)(H,25,28). The van der Waals surface area contributed by atoms with Gasteiger partial charge in [-0.1, -0.05) is 55.1 Å². The van der Waals surface area contributed by atoms with Gasteiger partial charge in [0.2, 0.25) is 11.0 Å². The SMILES string of the molecule is CC(C)C(C)(C#N)NC(=O)CSc1nnc(Nc2ccc(Oc3ccccc3)cc2)s1. The lowest BCUT2D eigenvalue weighted by Crippen LogP contribution is -2.49. The predicted octanol–water partition coefficient (Wildman–Crippen LogP) is 5.22. The summed E-state index contributed by atoms with van der Waals surface area (Å²) in [6.45, 7) is 5.53. The van der Waals surface area contributed by atoms with Crippen molar-refractivity contribution in [3.63, 3.8) is 0 Å². The Hall–Kier alpha value is -3.09. The number of rotatable bonds is 9. The molecule has 1 unspecified atom stereocenters. The molecule has 1 heterocycles. The number of nitriles is 1. The van der Waals surface area contributed by atoms with Crippen LogP contribution in [0, 0.1) is 17.2 Å². The van der Waals surface area contributed by atoms with Crippen molar-refractivity contribution in [3.05, 3.63) is 54.6 Å². The lowest BCUT2D eigenvalue weighted by atomic mass is 9.90. The van der Waals surface area contributed by atoms with Gasteiger partial charge in [-0.05, 0) is 49.2 Å². The number of amides is 1. The molecule has 0 aliphatic carbocycles. The lowest BCUT2D eigenvalue weighted by molar-refractivity contribution is -0.120. The van der Waals surface area contributed by atoms with Gasteiger partial charge in [0.1, 0.15) is 17.0 Å². The first kappa shape index (κ1) is 22.6. The number of carbonyl (C=O) groups excluding carboxylic acids is 1. The minimum absolute atomic E-state index is 0.00765. The van der Waals surface area contributed by atoms with E-state index in [4.69, 9.17) is 4.74 Å². The number of carbonyl (C=O) groups is 1. The van der Waals surface area contributed by atoms with Crippen molar-refractivity contribution in [2.24, 2.45) is 5.92 Å². The highest BCUT2D eigenvalue weighted by Gasteiger charge is 2.29. The van der Waals surface area contributed by atoms with Crippen molar-refractivity contribution in [2.45, 2.75) is 30.6 Å². The molecule has 0 bridgehead atoms. The van der Waals surface area contributed by atoms with Crippen LogP contribution in [0.2, 0.25) is 0 Å². The normalized spacial score (nSPS) is 12.6. The van der Waals surface area contributed by atoms with Crippen molar-refractivity contribution >= 4 is 39.8 Å². The molecule has 2 N–H and O–H groups in total. The van der Waals surface area contributed by atoms with Gasteiger partial charge in [0, 0.05) is 5.69 Å². The molecule has 0 aliphatic heterocycles. The third-order valence-corrected chi connectivity index (χ3v) is 6.58. The van der Waals surface area contributed by atoms with E-state index in [2.05, 4.69) is 26.9 Å². The average Bonchev–Trinajstić information content (AvgIpc) is 3.21. The van der Waals surface area contributed by atoms with Crippen LogP contribution < -0.4 is 15.4 Å². The third kappa shape index (κ3) is 6.44. The Kier molecular flexibility index (Phi) is 7.50. The van der Waals surface area contributed by atoms with Crippen LogP contribution in [0.25, 0.3) is 0 Å². The molecule has 2 aromatic carbocycles. The number of anilines is 2. The van der Waals surface area contributed by atoms with E-state index >= 15 is 0 Å². The molecule has 9 heteroatoms. The Bertz CT molecular complexity index is 1050. The van der Waals surface area contributed by atoms with Crippen LogP contribution in [0.15, 0.2) is 58.9 Å². The van der Waals surface area contributed by atoms with Crippen molar-refractivity contribution in [1.29, 1.82) is 5.26 Å². The first-order chi connectivity index (χ1) is 14.9. The molecule has 1 atom stereocenters. The molecule has 0 spiro atoms. The smallest absolute Gasteiger partial charge is 0.231 e. The molecule has 3 rings (SSSR count). The lowest BCUT2D eigenvalue weighted by Gasteiger charge is -2.27. The molecular weight excluding hydrogens is 430 g/mol. The van der Waals surface area contributed by atoms with E-state index in [1.807, 2.05) is 68.4 Å². The van der Waals surface area contributed by atoms with Crippen LogP contribution in [0.1, 0.15) is 20.8 Å². The second-order valence-electron chi connectivity index (χ2n) is 7.24. The summed E-state index contributed by atoms with van der Waals surface area (Å²) in [7, 11) is 0. The van der Waals surface area contributed by atoms with Crippen molar-refractivity contribution in [2.75, 3.05) is 11.1 Å². The summed E-state index contributed by atoms with van der Waals surface area (Å²) in [6, 6.07) is 19.3. The van der Waals surface area contributed by atoms with Gasteiger partial charge in [0.25, 0.3) is 0 Å². The maximum absolute atomic E-state index is 12.2. The molecule has 1 aromatic heterocycles. The van der Waals surface area contributed by atoms with Gasteiger partial charge < -0.3 is 15.4 Å². The second-order valence-corrected chi connectivity index (χ2v) is 9.44. The van der Waals surface area contributed by atoms with Gasteiger partial charge in [0.05, 0.1) is 11.8 Å². The molecule has 160 valence electrons. The maximum Gasteiger partial charge on any atom is 0.231 e. The zero-order valence-corrected chi connectivity index (χ0v) is 19.1. The van der Waals surface area contributed by atoms with Crippen LogP contribution in [-0.4, -0.2) is 27.4 Å². The molecular formula is C22H23N5O2S2. The molecule has 3 aromatic rings. The number of hydrogen-bond donors (Lipinski definition) is 2. The fourth-order valence-electron chi connectivity index (χ4n) is 2.43. The molecule has 0 radical (unpaired) electrons. The molecule has 1 amide bonds. The predicted molar refractivity (Wildman–Crippen MR) is 124 cm³/mol. The summed E-state index contributed by atoms with van der Waals surface area (Å²) in [6.07, 6.45) is 0. The van der Waals surface area contributed by atoms with Gasteiger partial charge in [-0.25, -0.2) is 0 Å². The minimum Gasteiger partial charge on any atom is -0.457 e. The monoisotopic (exact) mass is 453 g/mol. The molecule has 0 saturated carbocycles. The first-order valence-corrected chi connectivity index (χ1v) is 11.5. The Morgan fingerprint density at radius 1 is 1.16 bits per heavy atom. The maximum atomic E-state index is 12.2. The molecule has 0 fully saturated rings. The quantitative estimate of drug-likeness (QED) is 0.428. The van der Waals surface area contributed by atoms with Gasteiger partial charge in [-0.3, -0.25) is 4.79 Å². The van der Waals surface area contributed by atoms with Crippen molar-refractivity contribution in [1.82, 2.24) is 15.5 Å². The van der Waals surface area contributed by atoms with Gasteiger partial charge in [-0.2, -0.15) is 5.26 Å². The van der Waals surface area contributed by atoms with Crippen LogP contribution >= 0.6 is 23.1 Å². The Balaban J connectivity index is 1.51. The highest BCUT2D eigenvalue weighted by molar-refractivity contribution is 8.01. The molecule has 0 aliphatic rings. The number of nitrogens with zero attached hydrogens (tertiary/aromatic N) is 3. The molecule has 31 heavy (non-hydrogen) atoms. The minimum atomic E-state index is -0.887. The number of para-hydroxylation sites is 1. The molecule has 0 saturated heterocycles. The summed E-state index contributed by atoms with van der Waals surface area (Å²) in [5.41, 5.74) is -0.0328. The van der Waals surface area contributed by atoms with E-state index in [-0.39, 0.29) is 17.6 Å². The number of aromatic nitrogens is 2. The fourth-order valence-corrected chi connectivity index (χ4v) is 4.00. The second kappa shape index (κ2) is 10.3. The average molecular weight is 454 g/mol. The van der Waals surface area contributed by atoms with Crippen molar-refractivity contribution in [3.8, 4) is 17.6 Å². The van der Waals surface area contributed by atoms with Crippen LogP contribution in [0.5, 0.6) is 11.5 Å². The third-order valence-electron chi connectivity index (χ3n) is 4.60. The number of thioether (sulfide) groups is 1. The largest absolute Gasteiger partial charge is 0.457 e. The Morgan fingerprint density at radius 3 is 2.48 bits per heavy atom. The Labute approximate surface area is 189 Å². The molecule has 7 nitrogen and oxygen atoms in total. The topological polar surface area (TPSA) is 99.9 Å². The number of hydrogen-bond acceptors (Lipinski definition) is 8. The number of ether oxygens (including phenoxy) is 1. The van der Waals surface area contributed by atoms with E-state index < -0.39 is 5.54 Å². The summed E-state index contributed by atoms with van der Waals surface area (Å²) < 4.78 is 6.46. The highest BCUT2D eigenvalue weighted by Crippen LogP contribution is 2.29. The number of nitrogens with one attached hydrogen (secondary N) is 2. The first-order valence-electron chi connectivity index (χ1n) is 9.66. The highest BCUT2D eigenvalue weighted by atomic mass is 32.2. The summed E-state index contributed by atoms with van der Waals surface area (Å²) in [5, 5.41) is 24.2. The van der Waals surface area contributed by atoms with Crippen LogP contribution in [0.4, 0.5) is 10.8 Å². The summed E-state index contributed by atoms with van der Waals surface area (Å²) >= 11 is 2.65. The van der Waals surface area contributed by atoms with Crippen molar-refractivity contribution < 1.29 is 9.53 Å².